The zero-order chi connectivity index (χ0) is 16.1. The average Bonchev–Trinajstić information content (AvgIpc) is 2.51. The number of methoxy groups -OCH3 is 2. The van der Waals surface area contributed by atoms with Gasteiger partial charge in [-0.2, -0.15) is 0 Å². The molecule has 2 aliphatic carbocycles. The van der Waals surface area contributed by atoms with Gasteiger partial charge in [-0.1, -0.05) is 26.0 Å². The van der Waals surface area contributed by atoms with E-state index in [1.165, 1.54) is 13.2 Å². The maximum absolute atomic E-state index is 12.8. The van der Waals surface area contributed by atoms with E-state index >= 15 is 0 Å². The highest BCUT2D eigenvalue weighted by atomic mass is 16.5. The Labute approximate surface area is 130 Å². The van der Waals surface area contributed by atoms with Crippen LogP contribution in [0.3, 0.4) is 0 Å². The molecule has 0 unspecified atom stereocenters. The minimum atomic E-state index is -0.717. The van der Waals surface area contributed by atoms with Crippen LogP contribution in [0.1, 0.15) is 25.3 Å². The summed E-state index contributed by atoms with van der Waals surface area (Å²) in [7, 11) is 3.06. The summed E-state index contributed by atoms with van der Waals surface area (Å²) in [5.74, 6) is 0.763. The first kappa shape index (κ1) is 14.8. The Morgan fingerprint density at radius 3 is 2.18 bits per heavy atom. The van der Waals surface area contributed by atoms with Crippen molar-refractivity contribution >= 4 is 11.6 Å². The normalized spacial score (nSPS) is 33.6. The number of rotatable bonds is 3. The van der Waals surface area contributed by atoms with E-state index in [1.807, 2.05) is 38.1 Å². The fourth-order valence-corrected chi connectivity index (χ4v) is 4.36. The Balaban J connectivity index is 2.02. The highest BCUT2D eigenvalue weighted by Gasteiger charge is 2.66. The molecular formula is C18H20O4. The van der Waals surface area contributed by atoms with Gasteiger partial charge in [-0.3, -0.25) is 9.59 Å². The van der Waals surface area contributed by atoms with Crippen molar-refractivity contribution in [3.63, 3.8) is 0 Å². The molecule has 0 N–H and O–H groups in total. The van der Waals surface area contributed by atoms with Gasteiger partial charge in [0.05, 0.1) is 19.6 Å². The van der Waals surface area contributed by atoms with Gasteiger partial charge in [0.2, 0.25) is 5.78 Å². The number of Topliss-reactive ketones (excluding diaryl/α,β-unsaturated/α-hetero) is 1. The van der Waals surface area contributed by atoms with Gasteiger partial charge in [0, 0.05) is 17.9 Å². The number of ketones is 2. The van der Waals surface area contributed by atoms with Crippen LogP contribution in [-0.4, -0.2) is 25.8 Å². The Morgan fingerprint density at radius 1 is 1.00 bits per heavy atom. The van der Waals surface area contributed by atoms with Crippen molar-refractivity contribution in [3.05, 3.63) is 41.7 Å². The Morgan fingerprint density at radius 2 is 1.64 bits per heavy atom. The summed E-state index contributed by atoms with van der Waals surface area (Å²) < 4.78 is 10.3. The van der Waals surface area contributed by atoms with Crippen LogP contribution < -0.4 is 4.74 Å². The van der Waals surface area contributed by atoms with Crippen molar-refractivity contribution in [2.75, 3.05) is 14.2 Å². The number of allylic oxidation sites excluding steroid dienone is 2. The molecule has 1 fully saturated rings. The van der Waals surface area contributed by atoms with E-state index in [-0.39, 0.29) is 35.1 Å². The third kappa shape index (κ3) is 1.76. The highest BCUT2D eigenvalue weighted by Crippen LogP contribution is 2.63. The van der Waals surface area contributed by atoms with Crippen molar-refractivity contribution < 1.29 is 19.1 Å². The van der Waals surface area contributed by atoms with Gasteiger partial charge in [-0.15, -0.1) is 0 Å². The van der Waals surface area contributed by atoms with E-state index in [0.717, 1.165) is 11.3 Å². The van der Waals surface area contributed by atoms with Crippen LogP contribution in [0.5, 0.6) is 5.75 Å². The molecule has 1 saturated carbocycles. The maximum Gasteiger partial charge on any atom is 0.204 e. The van der Waals surface area contributed by atoms with Crippen molar-refractivity contribution in [2.24, 2.45) is 17.3 Å². The number of fused-ring (bicyclic) bond motifs is 1. The summed E-state index contributed by atoms with van der Waals surface area (Å²) in [5, 5.41) is 0. The van der Waals surface area contributed by atoms with Crippen LogP contribution in [0.2, 0.25) is 0 Å². The zero-order valence-corrected chi connectivity index (χ0v) is 13.3. The first-order valence-corrected chi connectivity index (χ1v) is 7.43. The summed E-state index contributed by atoms with van der Waals surface area (Å²) in [6.45, 7) is 3.93. The van der Waals surface area contributed by atoms with E-state index in [4.69, 9.17) is 9.47 Å². The minimum Gasteiger partial charge on any atom is -0.497 e. The molecule has 0 saturated heterocycles. The average molecular weight is 300 g/mol. The summed E-state index contributed by atoms with van der Waals surface area (Å²) in [5.41, 5.74) is 0.344. The lowest BCUT2D eigenvalue weighted by Crippen LogP contribution is -2.61. The van der Waals surface area contributed by atoms with Crippen molar-refractivity contribution in [3.8, 4) is 5.75 Å². The van der Waals surface area contributed by atoms with Gasteiger partial charge in [0.25, 0.3) is 0 Å². The van der Waals surface area contributed by atoms with Gasteiger partial charge in [0.15, 0.2) is 11.5 Å². The van der Waals surface area contributed by atoms with E-state index in [0.29, 0.717) is 0 Å². The number of ether oxygens (including phenoxy) is 2. The molecule has 0 heterocycles. The van der Waals surface area contributed by atoms with Gasteiger partial charge in [-0.05, 0) is 23.6 Å². The molecule has 2 aliphatic rings. The quantitative estimate of drug-likeness (QED) is 0.861. The number of hydrogen-bond acceptors (Lipinski definition) is 4. The Bertz CT molecular complexity index is 658. The molecule has 0 spiro atoms. The summed E-state index contributed by atoms with van der Waals surface area (Å²) in [4.78, 5) is 25.1. The van der Waals surface area contributed by atoms with Crippen molar-refractivity contribution in [2.45, 2.75) is 19.8 Å². The Hall–Kier alpha value is -2.10. The lowest BCUT2D eigenvalue weighted by Gasteiger charge is -2.58. The predicted octanol–water partition coefficient (Wildman–Crippen LogP) is 2.73. The SMILES string of the molecule is COC1=CC(=O)[C@@H]2[C@H](C)[C@@H](c3ccc(OC)cc3)[C@]2(C)C1=O. The second kappa shape index (κ2) is 4.97. The number of carbonyl (C=O) groups excluding carboxylic acids is 2. The van der Waals surface area contributed by atoms with Crippen LogP contribution >= 0.6 is 0 Å². The summed E-state index contributed by atoms with van der Waals surface area (Å²) in [6, 6.07) is 7.73. The zero-order valence-electron chi connectivity index (χ0n) is 13.3. The first-order chi connectivity index (χ1) is 10.4. The van der Waals surface area contributed by atoms with E-state index in [2.05, 4.69) is 0 Å². The number of carbonyl (C=O) groups is 2. The molecule has 4 nitrogen and oxygen atoms in total. The lowest BCUT2D eigenvalue weighted by molar-refractivity contribution is -0.159. The molecule has 116 valence electrons. The van der Waals surface area contributed by atoms with Crippen LogP contribution in [0, 0.1) is 17.3 Å². The third-order valence-electron chi connectivity index (χ3n) is 5.33. The van der Waals surface area contributed by atoms with Gasteiger partial charge < -0.3 is 9.47 Å². The van der Waals surface area contributed by atoms with Crippen molar-refractivity contribution in [1.82, 2.24) is 0 Å². The molecule has 4 atom stereocenters. The molecule has 0 bridgehead atoms. The second-order valence-corrected chi connectivity index (χ2v) is 6.31. The number of hydrogen-bond donors (Lipinski definition) is 0. The smallest absolute Gasteiger partial charge is 0.204 e. The molecule has 1 aromatic carbocycles. The molecule has 0 amide bonds. The van der Waals surface area contributed by atoms with E-state index < -0.39 is 5.41 Å². The van der Waals surface area contributed by atoms with Gasteiger partial charge in [-0.25, -0.2) is 0 Å². The second-order valence-electron chi connectivity index (χ2n) is 6.31. The third-order valence-corrected chi connectivity index (χ3v) is 5.33. The lowest BCUT2D eigenvalue weighted by atomic mass is 9.42. The molecule has 0 aliphatic heterocycles. The summed E-state index contributed by atoms with van der Waals surface area (Å²) in [6.07, 6.45) is 1.36. The van der Waals surface area contributed by atoms with Crippen LogP contribution in [0.25, 0.3) is 0 Å². The largest absolute Gasteiger partial charge is 0.497 e. The molecule has 22 heavy (non-hydrogen) atoms. The molecule has 0 aromatic heterocycles. The monoisotopic (exact) mass is 300 g/mol. The highest BCUT2D eigenvalue weighted by molar-refractivity contribution is 6.13. The van der Waals surface area contributed by atoms with Crippen molar-refractivity contribution in [1.29, 1.82) is 0 Å². The van der Waals surface area contributed by atoms with Gasteiger partial charge >= 0.3 is 0 Å². The minimum absolute atomic E-state index is 0.00351. The summed E-state index contributed by atoms with van der Waals surface area (Å²) >= 11 is 0. The maximum atomic E-state index is 12.8. The molecule has 4 heteroatoms. The first-order valence-electron chi connectivity index (χ1n) is 7.43. The number of benzene rings is 1. The van der Waals surface area contributed by atoms with Gasteiger partial charge in [0.1, 0.15) is 5.75 Å². The van der Waals surface area contributed by atoms with E-state index in [1.54, 1.807) is 7.11 Å². The van der Waals surface area contributed by atoms with Crippen LogP contribution in [0.4, 0.5) is 0 Å². The van der Waals surface area contributed by atoms with Crippen LogP contribution in [0.15, 0.2) is 36.1 Å². The standard InChI is InChI=1S/C18H20O4/c1-10-15(11-5-7-12(21-3)8-6-11)18(2)16(10)13(19)9-14(22-4)17(18)20/h5-10,15-16H,1-4H3/t10-,15+,16+,18+/m1/s1. The Kier molecular flexibility index (Phi) is 3.35. The fraction of sp³-hybridized carbons (Fsp3) is 0.444. The fourth-order valence-electron chi connectivity index (χ4n) is 4.36. The molecule has 1 aromatic rings. The molecule has 0 radical (unpaired) electrons. The van der Waals surface area contributed by atoms with Crippen LogP contribution in [-0.2, 0) is 14.3 Å². The topological polar surface area (TPSA) is 52.6 Å². The molecular weight excluding hydrogens is 280 g/mol. The van der Waals surface area contributed by atoms with E-state index in [9.17, 15) is 9.59 Å². The molecule has 3 rings (SSSR count). The predicted molar refractivity (Wildman–Crippen MR) is 81.6 cm³/mol.